The van der Waals surface area contributed by atoms with Gasteiger partial charge >= 0.3 is 0 Å². The monoisotopic (exact) mass is 405 g/mol. The van der Waals surface area contributed by atoms with Crippen molar-refractivity contribution in [2.75, 3.05) is 44.7 Å². The Labute approximate surface area is 150 Å². The zero-order chi connectivity index (χ0) is 15.5. The maximum atomic E-state index is 12.4. The van der Waals surface area contributed by atoms with E-state index in [2.05, 4.69) is 36.1 Å². The molecule has 0 bridgehead atoms. The summed E-state index contributed by atoms with van der Waals surface area (Å²) in [5.74, 6) is 1.40. The van der Waals surface area contributed by atoms with Gasteiger partial charge in [-0.3, -0.25) is 4.79 Å². The highest BCUT2D eigenvalue weighted by Crippen LogP contribution is 2.24. The van der Waals surface area contributed by atoms with Crippen LogP contribution in [-0.2, 0) is 4.79 Å². The Bertz CT molecular complexity index is 548. The van der Waals surface area contributed by atoms with Crippen molar-refractivity contribution in [3.8, 4) is 5.88 Å². The van der Waals surface area contributed by atoms with E-state index in [1.54, 1.807) is 13.3 Å². The van der Waals surface area contributed by atoms with E-state index in [4.69, 9.17) is 4.74 Å². The van der Waals surface area contributed by atoms with Crippen LogP contribution in [0.1, 0.15) is 12.8 Å². The predicted molar refractivity (Wildman–Crippen MR) is 93.3 cm³/mol. The average Bonchev–Trinajstić information content (AvgIpc) is 3.09. The summed E-state index contributed by atoms with van der Waals surface area (Å²) >= 11 is 3.35. The summed E-state index contributed by atoms with van der Waals surface area (Å²) in [6, 6.07) is 0.00979. The van der Waals surface area contributed by atoms with E-state index in [1.165, 1.54) is 0 Å². The number of halogens is 2. The molecule has 1 unspecified atom stereocenters. The van der Waals surface area contributed by atoms with Crippen LogP contribution in [0.3, 0.4) is 0 Å². The summed E-state index contributed by atoms with van der Waals surface area (Å²) in [6.45, 7) is 3.84. The first kappa shape index (κ1) is 18.2. The first-order valence-corrected chi connectivity index (χ1v) is 8.32. The number of hydrogen-bond donors (Lipinski definition) is 1. The third kappa shape index (κ3) is 4.05. The van der Waals surface area contributed by atoms with Crippen molar-refractivity contribution >= 4 is 40.2 Å². The lowest BCUT2D eigenvalue weighted by atomic mass is 10.2. The zero-order valence-electron chi connectivity index (χ0n) is 13.0. The molecular weight excluding hydrogens is 386 g/mol. The molecule has 2 aliphatic heterocycles. The van der Waals surface area contributed by atoms with Gasteiger partial charge in [0.1, 0.15) is 0 Å². The molecule has 1 aromatic heterocycles. The SMILES string of the molecule is COc1nc(N2CCN(C(=O)C3CCCN3)CC2)ncc1Br.Cl. The van der Waals surface area contributed by atoms with E-state index in [1.807, 2.05) is 4.90 Å². The van der Waals surface area contributed by atoms with E-state index in [9.17, 15) is 4.79 Å². The Morgan fingerprint density at radius 3 is 2.74 bits per heavy atom. The Morgan fingerprint density at radius 1 is 1.39 bits per heavy atom. The molecule has 0 aromatic carbocycles. The second-order valence-electron chi connectivity index (χ2n) is 5.49. The van der Waals surface area contributed by atoms with Crippen LogP contribution < -0.4 is 15.0 Å². The van der Waals surface area contributed by atoms with Crippen molar-refractivity contribution in [1.82, 2.24) is 20.2 Å². The van der Waals surface area contributed by atoms with Crippen LogP contribution in [-0.4, -0.2) is 66.7 Å². The van der Waals surface area contributed by atoms with Crippen LogP contribution in [0, 0.1) is 0 Å². The molecule has 2 saturated heterocycles. The lowest BCUT2D eigenvalue weighted by Gasteiger charge is -2.36. The van der Waals surface area contributed by atoms with Crippen molar-refractivity contribution < 1.29 is 9.53 Å². The molecule has 3 rings (SSSR count). The van der Waals surface area contributed by atoms with Gasteiger partial charge in [-0.25, -0.2) is 4.98 Å². The first-order valence-electron chi connectivity index (χ1n) is 7.52. The number of carbonyl (C=O) groups excluding carboxylic acids is 1. The van der Waals surface area contributed by atoms with Gasteiger partial charge in [-0.05, 0) is 35.3 Å². The van der Waals surface area contributed by atoms with Crippen LogP contribution in [0.5, 0.6) is 5.88 Å². The second kappa shape index (κ2) is 8.12. The number of nitrogens with zero attached hydrogens (tertiary/aromatic N) is 4. The summed E-state index contributed by atoms with van der Waals surface area (Å²) in [7, 11) is 1.59. The minimum atomic E-state index is 0. The van der Waals surface area contributed by atoms with Gasteiger partial charge in [0.15, 0.2) is 0 Å². The van der Waals surface area contributed by atoms with Gasteiger partial charge in [0.25, 0.3) is 0 Å². The Kier molecular flexibility index (Phi) is 6.43. The smallest absolute Gasteiger partial charge is 0.239 e. The topological polar surface area (TPSA) is 70.6 Å². The van der Waals surface area contributed by atoms with Gasteiger partial charge in [-0.15, -0.1) is 12.4 Å². The fourth-order valence-corrected chi connectivity index (χ4v) is 3.23. The zero-order valence-corrected chi connectivity index (χ0v) is 15.4. The van der Waals surface area contributed by atoms with Crippen LogP contribution in [0.25, 0.3) is 0 Å². The minimum absolute atomic E-state index is 0. The highest BCUT2D eigenvalue weighted by Gasteiger charge is 2.29. The molecule has 0 spiro atoms. The summed E-state index contributed by atoms with van der Waals surface area (Å²) < 4.78 is 5.94. The highest BCUT2D eigenvalue weighted by molar-refractivity contribution is 9.10. The molecule has 2 fully saturated rings. The average molecular weight is 407 g/mol. The molecule has 2 aliphatic rings. The molecule has 1 aromatic rings. The summed E-state index contributed by atoms with van der Waals surface area (Å²) in [5.41, 5.74) is 0. The fraction of sp³-hybridized carbons (Fsp3) is 0.643. The number of carbonyl (C=O) groups is 1. The second-order valence-corrected chi connectivity index (χ2v) is 6.34. The van der Waals surface area contributed by atoms with Gasteiger partial charge < -0.3 is 19.9 Å². The van der Waals surface area contributed by atoms with E-state index < -0.39 is 0 Å². The van der Waals surface area contributed by atoms with Crippen LogP contribution in [0.4, 0.5) is 5.95 Å². The Balaban J connectivity index is 0.00000192. The van der Waals surface area contributed by atoms with Crippen molar-refractivity contribution in [3.05, 3.63) is 10.7 Å². The third-order valence-corrected chi connectivity index (χ3v) is 4.67. The number of hydrogen-bond acceptors (Lipinski definition) is 6. The molecule has 3 heterocycles. The number of aromatic nitrogens is 2. The molecule has 23 heavy (non-hydrogen) atoms. The van der Waals surface area contributed by atoms with Gasteiger partial charge in [-0.2, -0.15) is 4.98 Å². The maximum Gasteiger partial charge on any atom is 0.239 e. The molecule has 0 radical (unpaired) electrons. The quantitative estimate of drug-likeness (QED) is 0.810. The van der Waals surface area contributed by atoms with Gasteiger partial charge in [0.05, 0.1) is 23.8 Å². The summed E-state index contributed by atoms with van der Waals surface area (Å²) in [6.07, 6.45) is 3.73. The summed E-state index contributed by atoms with van der Waals surface area (Å²) in [5, 5.41) is 3.27. The number of methoxy groups -OCH3 is 1. The number of nitrogens with one attached hydrogen (secondary N) is 1. The molecule has 1 amide bonds. The Morgan fingerprint density at radius 2 is 2.13 bits per heavy atom. The lowest BCUT2D eigenvalue weighted by molar-refractivity contribution is -0.133. The number of amides is 1. The molecule has 0 saturated carbocycles. The van der Waals surface area contributed by atoms with E-state index in [0.29, 0.717) is 24.9 Å². The third-order valence-electron chi connectivity index (χ3n) is 4.13. The molecule has 9 heteroatoms. The molecular formula is C14H21BrClN5O2. The maximum absolute atomic E-state index is 12.4. The van der Waals surface area contributed by atoms with Crippen molar-refractivity contribution in [2.24, 2.45) is 0 Å². The lowest BCUT2D eigenvalue weighted by Crippen LogP contribution is -2.53. The largest absolute Gasteiger partial charge is 0.480 e. The van der Waals surface area contributed by atoms with Crippen molar-refractivity contribution in [3.63, 3.8) is 0 Å². The number of anilines is 1. The first-order chi connectivity index (χ1) is 10.7. The van der Waals surface area contributed by atoms with Crippen LogP contribution in [0.15, 0.2) is 10.7 Å². The van der Waals surface area contributed by atoms with Crippen molar-refractivity contribution in [2.45, 2.75) is 18.9 Å². The molecule has 7 nitrogen and oxygen atoms in total. The van der Waals surface area contributed by atoms with Crippen LogP contribution >= 0.6 is 28.3 Å². The van der Waals surface area contributed by atoms with E-state index >= 15 is 0 Å². The molecule has 128 valence electrons. The normalized spacial score (nSPS) is 21.0. The van der Waals surface area contributed by atoms with E-state index in [-0.39, 0.29) is 24.4 Å². The number of rotatable bonds is 3. The van der Waals surface area contributed by atoms with Crippen LogP contribution in [0.2, 0.25) is 0 Å². The summed E-state index contributed by atoms with van der Waals surface area (Å²) in [4.78, 5) is 25.1. The number of ether oxygens (including phenoxy) is 1. The standard InChI is InChI=1S/C14H20BrN5O2.ClH/c1-22-12-10(15)9-17-14(18-12)20-7-5-19(6-8-20)13(21)11-3-2-4-16-11;/h9,11,16H,2-8H2,1H3;1H. The predicted octanol–water partition coefficient (Wildman–Crippen LogP) is 1.07. The molecule has 0 aliphatic carbocycles. The van der Waals surface area contributed by atoms with Crippen molar-refractivity contribution in [1.29, 1.82) is 0 Å². The van der Waals surface area contributed by atoms with Gasteiger partial charge in [0.2, 0.25) is 17.7 Å². The number of piperazine rings is 1. The highest BCUT2D eigenvalue weighted by atomic mass is 79.9. The molecule has 1 atom stereocenters. The Hall–Kier alpha value is -1.12. The minimum Gasteiger partial charge on any atom is -0.480 e. The van der Waals surface area contributed by atoms with Gasteiger partial charge in [-0.1, -0.05) is 0 Å². The van der Waals surface area contributed by atoms with Gasteiger partial charge in [0, 0.05) is 26.2 Å². The molecule has 1 N–H and O–H groups in total. The van der Waals surface area contributed by atoms with E-state index in [0.717, 1.165) is 36.9 Å². The fourth-order valence-electron chi connectivity index (χ4n) is 2.88.